The van der Waals surface area contributed by atoms with Crippen LogP contribution in [-0.2, 0) is 9.59 Å². The Morgan fingerprint density at radius 3 is 2.41 bits per heavy atom. The van der Waals surface area contributed by atoms with Crippen molar-refractivity contribution in [1.82, 2.24) is 10.2 Å². The van der Waals surface area contributed by atoms with E-state index in [9.17, 15) is 9.59 Å². The molecule has 1 aliphatic heterocycles. The van der Waals surface area contributed by atoms with Crippen molar-refractivity contribution in [2.45, 2.75) is 45.6 Å². The normalized spacial score (nSPS) is 29.9. The summed E-state index contributed by atoms with van der Waals surface area (Å²) >= 11 is 0. The van der Waals surface area contributed by atoms with Crippen LogP contribution in [0.25, 0.3) is 0 Å². The van der Waals surface area contributed by atoms with Crippen LogP contribution >= 0.6 is 0 Å². The van der Waals surface area contributed by atoms with Crippen LogP contribution in [0.15, 0.2) is 0 Å². The van der Waals surface area contributed by atoms with Crippen molar-refractivity contribution >= 4 is 11.8 Å². The molecule has 0 aromatic rings. The summed E-state index contributed by atoms with van der Waals surface area (Å²) in [7, 11) is 0. The minimum absolute atomic E-state index is 0.0111. The number of fused-ring (bicyclic) bond motifs is 1. The van der Waals surface area contributed by atoms with Crippen molar-refractivity contribution in [2.75, 3.05) is 13.1 Å². The standard InChI is InChI=1S/C13H22N2O2/c1-3-14-9(2)7-8-15-12(16)10-5-4-6-11(10)13(15)17/h9-11,14H,3-8H2,1-2H3. The molecule has 0 aromatic carbocycles. The van der Waals surface area contributed by atoms with Gasteiger partial charge in [-0.1, -0.05) is 13.3 Å². The van der Waals surface area contributed by atoms with E-state index in [1.807, 2.05) is 0 Å². The van der Waals surface area contributed by atoms with Gasteiger partial charge >= 0.3 is 0 Å². The van der Waals surface area contributed by atoms with Gasteiger partial charge in [-0.25, -0.2) is 0 Å². The van der Waals surface area contributed by atoms with Gasteiger partial charge in [0, 0.05) is 12.6 Å². The summed E-state index contributed by atoms with van der Waals surface area (Å²) < 4.78 is 0. The van der Waals surface area contributed by atoms with Gasteiger partial charge in [-0.15, -0.1) is 0 Å². The van der Waals surface area contributed by atoms with E-state index in [0.717, 1.165) is 32.2 Å². The SMILES string of the molecule is CCNC(C)CCN1C(=O)C2CCCC2C1=O. The van der Waals surface area contributed by atoms with Crippen molar-refractivity contribution in [3.8, 4) is 0 Å². The van der Waals surface area contributed by atoms with Gasteiger partial charge in [0.2, 0.25) is 11.8 Å². The Bertz CT molecular complexity index is 295. The molecule has 1 aliphatic carbocycles. The van der Waals surface area contributed by atoms with Crippen molar-refractivity contribution in [2.24, 2.45) is 11.8 Å². The minimum Gasteiger partial charge on any atom is -0.314 e. The van der Waals surface area contributed by atoms with Crippen molar-refractivity contribution in [1.29, 1.82) is 0 Å². The lowest BCUT2D eigenvalue weighted by molar-refractivity contribution is -0.140. The average Bonchev–Trinajstić information content (AvgIpc) is 2.84. The largest absolute Gasteiger partial charge is 0.314 e. The molecule has 2 amide bonds. The maximum Gasteiger partial charge on any atom is 0.233 e. The molecular formula is C13H22N2O2. The predicted molar refractivity (Wildman–Crippen MR) is 65.3 cm³/mol. The Balaban J connectivity index is 1.89. The van der Waals surface area contributed by atoms with E-state index in [1.165, 1.54) is 4.90 Å². The van der Waals surface area contributed by atoms with Crippen LogP contribution in [-0.4, -0.2) is 35.8 Å². The number of imide groups is 1. The minimum atomic E-state index is 0.0111. The highest BCUT2D eigenvalue weighted by atomic mass is 16.2. The van der Waals surface area contributed by atoms with Crippen molar-refractivity contribution in [3.05, 3.63) is 0 Å². The Morgan fingerprint density at radius 2 is 1.88 bits per heavy atom. The van der Waals surface area contributed by atoms with Gasteiger partial charge in [0.25, 0.3) is 0 Å². The topological polar surface area (TPSA) is 49.4 Å². The van der Waals surface area contributed by atoms with Crippen LogP contribution in [0.4, 0.5) is 0 Å². The predicted octanol–water partition coefficient (Wildman–Crippen LogP) is 1.16. The first-order chi connectivity index (χ1) is 8.15. The molecular weight excluding hydrogens is 216 g/mol. The first kappa shape index (κ1) is 12.6. The number of likely N-dealkylation sites (tertiary alicyclic amines) is 1. The highest BCUT2D eigenvalue weighted by Gasteiger charge is 2.49. The monoisotopic (exact) mass is 238 g/mol. The molecule has 96 valence electrons. The molecule has 4 nitrogen and oxygen atoms in total. The van der Waals surface area contributed by atoms with E-state index in [1.54, 1.807) is 0 Å². The molecule has 2 rings (SSSR count). The molecule has 1 saturated carbocycles. The maximum atomic E-state index is 12.1. The smallest absolute Gasteiger partial charge is 0.233 e. The van der Waals surface area contributed by atoms with E-state index in [2.05, 4.69) is 19.2 Å². The zero-order valence-electron chi connectivity index (χ0n) is 10.7. The summed E-state index contributed by atoms with van der Waals surface area (Å²) in [4.78, 5) is 25.6. The third-order valence-electron chi connectivity index (χ3n) is 4.02. The summed E-state index contributed by atoms with van der Waals surface area (Å²) in [5.41, 5.74) is 0. The molecule has 0 spiro atoms. The first-order valence-electron chi connectivity index (χ1n) is 6.73. The van der Waals surface area contributed by atoms with Crippen LogP contribution in [0.2, 0.25) is 0 Å². The quantitative estimate of drug-likeness (QED) is 0.731. The summed E-state index contributed by atoms with van der Waals surface area (Å²) in [5.74, 6) is 0.191. The maximum absolute atomic E-state index is 12.1. The molecule has 2 fully saturated rings. The number of carbonyl (C=O) groups excluding carboxylic acids is 2. The number of rotatable bonds is 5. The van der Waals surface area contributed by atoms with Gasteiger partial charge in [-0.05, 0) is 32.7 Å². The Hall–Kier alpha value is -0.900. The first-order valence-corrected chi connectivity index (χ1v) is 6.73. The number of hydrogen-bond donors (Lipinski definition) is 1. The van der Waals surface area contributed by atoms with E-state index in [4.69, 9.17) is 0 Å². The van der Waals surface area contributed by atoms with E-state index < -0.39 is 0 Å². The molecule has 0 bridgehead atoms. The third kappa shape index (κ3) is 2.37. The Morgan fingerprint density at radius 1 is 1.29 bits per heavy atom. The second kappa shape index (κ2) is 5.17. The fourth-order valence-electron chi connectivity index (χ4n) is 3.05. The van der Waals surface area contributed by atoms with Crippen molar-refractivity contribution < 1.29 is 9.59 Å². The lowest BCUT2D eigenvalue weighted by atomic mass is 10.00. The lowest BCUT2D eigenvalue weighted by Gasteiger charge is -2.19. The molecule has 17 heavy (non-hydrogen) atoms. The van der Waals surface area contributed by atoms with Gasteiger partial charge in [0.15, 0.2) is 0 Å². The molecule has 2 aliphatic rings. The van der Waals surface area contributed by atoms with Crippen LogP contribution in [0.1, 0.15) is 39.5 Å². The highest BCUT2D eigenvalue weighted by Crippen LogP contribution is 2.39. The highest BCUT2D eigenvalue weighted by molar-refractivity contribution is 6.05. The van der Waals surface area contributed by atoms with Crippen LogP contribution in [0.5, 0.6) is 0 Å². The molecule has 1 saturated heterocycles. The second-order valence-electron chi connectivity index (χ2n) is 5.22. The van der Waals surface area contributed by atoms with Crippen LogP contribution in [0.3, 0.4) is 0 Å². The lowest BCUT2D eigenvalue weighted by Crippen LogP contribution is -2.36. The average molecular weight is 238 g/mol. The third-order valence-corrected chi connectivity index (χ3v) is 4.02. The fraction of sp³-hybridized carbons (Fsp3) is 0.846. The summed E-state index contributed by atoms with van der Waals surface area (Å²) in [6.07, 6.45) is 3.71. The van der Waals surface area contributed by atoms with Gasteiger partial charge in [0.05, 0.1) is 11.8 Å². The zero-order valence-corrected chi connectivity index (χ0v) is 10.7. The van der Waals surface area contributed by atoms with E-state index >= 15 is 0 Å². The number of nitrogens with zero attached hydrogens (tertiary/aromatic N) is 1. The van der Waals surface area contributed by atoms with Gasteiger partial charge in [-0.2, -0.15) is 0 Å². The van der Waals surface area contributed by atoms with Gasteiger partial charge < -0.3 is 5.32 Å². The second-order valence-corrected chi connectivity index (χ2v) is 5.22. The zero-order chi connectivity index (χ0) is 12.4. The summed E-state index contributed by atoms with van der Waals surface area (Å²) in [6.45, 7) is 5.66. The molecule has 1 heterocycles. The van der Waals surface area contributed by atoms with Crippen LogP contribution < -0.4 is 5.32 Å². The molecule has 3 atom stereocenters. The van der Waals surface area contributed by atoms with E-state index in [0.29, 0.717) is 12.6 Å². The molecule has 0 aromatic heterocycles. The Kier molecular flexibility index (Phi) is 3.82. The molecule has 4 heteroatoms. The number of carbonyl (C=O) groups is 2. The van der Waals surface area contributed by atoms with Crippen molar-refractivity contribution in [3.63, 3.8) is 0 Å². The fourth-order valence-corrected chi connectivity index (χ4v) is 3.05. The van der Waals surface area contributed by atoms with Crippen LogP contribution in [0, 0.1) is 11.8 Å². The number of hydrogen-bond acceptors (Lipinski definition) is 3. The van der Waals surface area contributed by atoms with Gasteiger partial charge in [-0.3, -0.25) is 14.5 Å². The molecule has 1 N–H and O–H groups in total. The van der Waals surface area contributed by atoms with E-state index in [-0.39, 0.29) is 23.7 Å². The number of nitrogens with one attached hydrogen (secondary N) is 1. The summed E-state index contributed by atoms with van der Waals surface area (Å²) in [6, 6.07) is 0.362. The number of amides is 2. The summed E-state index contributed by atoms with van der Waals surface area (Å²) in [5, 5.41) is 3.30. The Labute approximate surface area is 103 Å². The molecule has 0 radical (unpaired) electrons. The van der Waals surface area contributed by atoms with Gasteiger partial charge in [0.1, 0.15) is 0 Å². The molecule has 3 unspecified atom stereocenters.